The first-order chi connectivity index (χ1) is 9.81. The second kappa shape index (κ2) is 4.83. The van der Waals surface area contributed by atoms with Gasteiger partial charge in [0, 0.05) is 23.7 Å². The maximum Gasteiger partial charge on any atom is 0.0623 e. The van der Waals surface area contributed by atoms with Crippen molar-refractivity contribution in [2.45, 2.75) is 55.8 Å². The lowest BCUT2D eigenvalue weighted by Crippen LogP contribution is -2.66. The van der Waals surface area contributed by atoms with Crippen LogP contribution in [0.25, 0.3) is 0 Å². The predicted octanol–water partition coefficient (Wildman–Crippen LogP) is 2.47. The summed E-state index contributed by atoms with van der Waals surface area (Å²) in [4.78, 5) is 2.76. The number of nitrogens with zero attached hydrogens (tertiary/aromatic N) is 1. The maximum absolute atomic E-state index is 6.74. The summed E-state index contributed by atoms with van der Waals surface area (Å²) in [5.41, 5.74) is 8.22. The molecule has 1 aliphatic carbocycles. The Kier molecular flexibility index (Phi) is 3.09. The van der Waals surface area contributed by atoms with Gasteiger partial charge in [0.1, 0.15) is 0 Å². The second-order valence-electron chi connectivity index (χ2n) is 6.68. The highest BCUT2D eigenvalue weighted by molar-refractivity contribution is 5.26. The fraction of sp³-hybridized carbons (Fsp3) is 0.647. The van der Waals surface area contributed by atoms with Crippen LogP contribution in [-0.4, -0.2) is 35.7 Å². The lowest BCUT2D eigenvalue weighted by atomic mass is 9.67. The highest BCUT2D eigenvalue weighted by atomic mass is 16.5. The van der Waals surface area contributed by atoms with Gasteiger partial charge in [0.15, 0.2) is 0 Å². The molecule has 2 aliphatic heterocycles. The summed E-state index contributed by atoms with van der Waals surface area (Å²) in [6.45, 7) is 1.81. The van der Waals surface area contributed by atoms with Crippen molar-refractivity contribution in [1.29, 1.82) is 0 Å². The third kappa shape index (κ3) is 1.77. The molecule has 2 saturated heterocycles. The van der Waals surface area contributed by atoms with Crippen LogP contribution in [0.4, 0.5) is 0 Å². The average Bonchev–Trinajstić information content (AvgIpc) is 2.70. The molecule has 2 bridgehead atoms. The van der Waals surface area contributed by atoms with E-state index >= 15 is 0 Å². The molecule has 3 unspecified atom stereocenters. The van der Waals surface area contributed by atoms with Crippen molar-refractivity contribution in [2.75, 3.05) is 13.2 Å². The van der Waals surface area contributed by atoms with Crippen LogP contribution < -0.4 is 5.73 Å². The molecule has 4 rings (SSSR count). The summed E-state index contributed by atoms with van der Waals surface area (Å²) < 4.78 is 5.75. The van der Waals surface area contributed by atoms with E-state index in [2.05, 4.69) is 35.2 Å². The molecule has 3 atom stereocenters. The van der Waals surface area contributed by atoms with Crippen LogP contribution in [0.2, 0.25) is 0 Å². The van der Waals surface area contributed by atoms with Crippen molar-refractivity contribution >= 4 is 0 Å². The summed E-state index contributed by atoms with van der Waals surface area (Å²) in [5.74, 6) is 0. The van der Waals surface area contributed by atoms with E-state index in [1.165, 1.54) is 37.7 Å². The Hall–Kier alpha value is -0.900. The molecule has 3 heteroatoms. The maximum atomic E-state index is 6.74. The van der Waals surface area contributed by atoms with E-state index in [9.17, 15) is 0 Å². The number of nitrogens with two attached hydrogens (primary N) is 1. The molecule has 0 radical (unpaired) electrons. The minimum Gasteiger partial charge on any atom is -0.378 e. The number of hydrogen-bond donors (Lipinski definition) is 1. The SMILES string of the molecule is NC(c1ccccc1)C1(N2C3CCC2COC3)CCC1. The van der Waals surface area contributed by atoms with Crippen molar-refractivity contribution in [3.05, 3.63) is 35.9 Å². The highest BCUT2D eigenvalue weighted by Crippen LogP contribution is 2.51. The number of morpholine rings is 1. The first-order valence-electron chi connectivity index (χ1n) is 7.98. The van der Waals surface area contributed by atoms with Crippen LogP contribution in [0.5, 0.6) is 0 Å². The number of rotatable bonds is 3. The quantitative estimate of drug-likeness (QED) is 0.918. The molecule has 108 valence electrons. The van der Waals surface area contributed by atoms with Gasteiger partial charge in [0.05, 0.1) is 13.2 Å². The van der Waals surface area contributed by atoms with Crippen molar-refractivity contribution in [2.24, 2.45) is 5.73 Å². The van der Waals surface area contributed by atoms with Gasteiger partial charge in [-0.1, -0.05) is 30.3 Å². The van der Waals surface area contributed by atoms with Crippen molar-refractivity contribution in [3.8, 4) is 0 Å². The van der Waals surface area contributed by atoms with Gasteiger partial charge in [-0.05, 0) is 37.7 Å². The molecular weight excluding hydrogens is 248 g/mol. The summed E-state index contributed by atoms with van der Waals surface area (Å²) in [6, 6.07) is 12.0. The third-order valence-corrected chi connectivity index (χ3v) is 5.71. The number of fused-ring (bicyclic) bond motifs is 2. The van der Waals surface area contributed by atoms with Crippen LogP contribution in [0.15, 0.2) is 30.3 Å². The van der Waals surface area contributed by atoms with E-state index in [1.807, 2.05) is 0 Å². The molecule has 1 saturated carbocycles. The first-order valence-corrected chi connectivity index (χ1v) is 7.98. The minimum atomic E-state index is 0.138. The van der Waals surface area contributed by atoms with E-state index in [1.54, 1.807) is 0 Å². The van der Waals surface area contributed by atoms with Gasteiger partial charge in [-0.25, -0.2) is 0 Å². The molecule has 3 fully saturated rings. The van der Waals surface area contributed by atoms with Gasteiger partial charge in [-0.3, -0.25) is 4.90 Å². The molecule has 0 spiro atoms. The predicted molar refractivity (Wildman–Crippen MR) is 79.4 cm³/mol. The van der Waals surface area contributed by atoms with E-state index < -0.39 is 0 Å². The van der Waals surface area contributed by atoms with Crippen LogP contribution in [-0.2, 0) is 4.74 Å². The summed E-state index contributed by atoms with van der Waals surface area (Å²) >= 11 is 0. The third-order valence-electron chi connectivity index (χ3n) is 5.71. The van der Waals surface area contributed by atoms with Crippen LogP contribution in [0, 0.1) is 0 Å². The standard InChI is InChI=1S/C17H24N2O/c18-16(13-5-2-1-3-6-13)17(9-4-10-17)19-14-7-8-15(19)12-20-11-14/h1-3,5-6,14-16H,4,7-12,18H2. The number of hydrogen-bond acceptors (Lipinski definition) is 3. The zero-order valence-corrected chi connectivity index (χ0v) is 12.0. The zero-order valence-electron chi connectivity index (χ0n) is 12.0. The first kappa shape index (κ1) is 12.8. The Morgan fingerprint density at radius 3 is 2.30 bits per heavy atom. The van der Waals surface area contributed by atoms with Gasteiger partial charge < -0.3 is 10.5 Å². The monoisotopic (exact) mass is 272 g/mol. The van der Waals surface area contributed by atoms with Gasteiger partial charge in [-0.2, -0.15) is 0 Å². The Morgan fingerprint density at radius 2 is 1.75 bits per heavy atom. The highest BCUT2D eigenvalue weighted by Gasteiger charge is 2.55. The van der Waals surface area contributed by atoms with Gasteiger partial charge in [0.2, 0.25) is 0 Å². The van der Waals surface area contributed by atoms with Crippen molar-refractivity contribution < 1.29 is 4.74 Å². The van der Waals surface area contributed by atoms with E-state index in [0.717, 1.165) is 13.2 Å². The molecule has 2 N–H and O–H groups in total. The van der Waals surface area contributed by atoms with Crippen LogP contribution in [0.1, 0.15) is 43.7 Å². The average molecular weight is 272 g/mol. The Morgan fingerprint density at radius 1 is 1.10 bits per heavy atom. The van der Waals surface area contributed by atoms with Gasteiger partial charge in [0.25, 0.3) is 0 Å². The fourth-order valence-corrected chi connectivity index (χ4v) is 4.60. The lowest BCUT2D eigenvalue weighted by molar-refractivity contribution is -0.112. The van der Waals surface area contributed by atoms with Crippen molar-refractivity contribution in [1.82, 2.24) is 4.90 Å². The molecule has 3 nitrogen and oxygen atoms in total. The molecule has 20 heavy (non-hydrogen) atoms. The van der Waals surface area contributed by atoms with E-state index in [0.29, 0.717) is 12.1 Å². The summed E-state index contributed by atoms with van der Waals surface area (Å²) in [7, 11) is 0. The topological polar surface area (TPSA) is 38.5 Å². The fourth-order valence-electron chi connectivity index (χ4n) is 4.60. The Balaban J connectivity index is 1.66. The minimum absolute atomic E-state index is 0.138. The second-order valence-corrected chi connectivity index (χ2v) is 6.68. The largest absolute Gasteiger partial charge is 0.378 e. The Labute approximate surface area is 121 Å². The lowest BCUT2D eigenvalue weighted by Gasteiger charge is -2.57. The van der Waals surface area contributed by atoms with Crippen molar-refractivity contribution in [3.63, 3.8) is 0 Å². The van der Waals surface area contributed by atoms with E-state index in [-0.39, 0.29) is 11.6 Å². The number of ether oxygens (including phenoxy) is 1. The Bertz CT molecular complexity index is 455. The van der Waals surface area contributed by atoms with Gasteiger partial charge in [-0.15, -0.1) is 0 Å². The molecular formula is C17H24N2O. The van der Waals surface area contributed by atoms with Crippen LogP contribution in [0.3, 0.4) is 0 Å². The summed E-state index contributed by atoms with van der Waals surface area (Å²) in [5, 5.41) is 0. The molecule has 0 amide bonds. The normalized spacial score (nSPS) is 33.6. The van der Waals surface area contributed by atoms with Gasteiger partial charge >= 0.3 is 0 Å². The molecule has 3 aliphatic rings. The van der Waals surface area contributed by atoms with E-state index in [4.69, 9.17) is 10.5 Å². The zero-order chi connectivity index (χ0) is 13.6. The smallest absolute Gasteiger partial charge is 0.0623 e. The van der Waals surface area contributed by atoms with Crippen LogP contribution >= 0.6 is 0 Å². The molecule has 1 aromatic rings. The summed E-state index contributed by atoms with van der Waals surface area (Å²) in [6.07, 6.45) is 6.38. The number of benzene rings is 1. The molecule has 0 aromatic heterocycles. The molecule has 2 heterocycles. The molecule has 1 aromatic carbocycles.